The van der Waals surface area contributed by atoms with Crippen LogP contribution < -0.4 is 0 Å². The minimum absolute atomic E-state index is 0. The van der Waals surface area contributed by atoms with E-state index in [9.17, 15) is 0 Å². The van der Waals surface area contributed by atoms with E-state index in [1.54, 1.807) is 0 Å². The van der Waals surface area contributed by atoms with E-state index < -0.39 is 0 Å². The molecule has 0 aliphatic heterocycles. The zero-order valence-corrected chi connectivity index (χ0v) is 5.05. The van der Waals surface area contributed by atoms with E-state index in [1.807, 2.05) is 0 Å². The molecule has 4 heavy (non-hydrogen) atoms. The van der Waals surface area contributed by atoms with Crippen LogP contribution in [-0.2, 0) is 0 Å². The number of hydrogen-bond donors (Lipinski definition) is 0. The van der Waals surface area contributed by atoms with E-state index in [-0.39, 0.29) is 11.0 Å². The van der Waals surface area contributed by atoms with Gasteiger partial charge in [0, 0.05) is 0 Å². The van der Waals surface area contributed by atoms with Gasteiger partial charge in [-0.25, -0.2) is 0 Å². The van der Waals surface area contributed by atoms with Crippen molar-refractivity contribution in [2.75, 3.05) is 0 Å². The summed E-state index contributed by atoms with van der Waals surface area (Å²) in [6.45, 7) is 0. The molecule has 2 nitrogen and oxygen atoms in total. The second-order valence-electron chi connectivity index (χ2n) is 0. The van der Waals surface area contributed by atoms with Gasteiger partial charge in [0.25, 0.3) is 0 Å². The van der Waals surface area contributed by atoms with E-state index in [2.05, 4.69) is 0 Å². The van der Waals surface area contributed by atoms with Crippen molar-refractivity contribution < 1.29 is 11.0 Å². The molecule has 4 heteroatoms. The van der Waals surface area contributed by atoms with Crippen molar-refractivity contribution in [3.63, 3.8) is 0 Å². The Balaban J connectivity index is -0.00000000500. The van der Waals surface area contributed by atoms with Crippen LogP contribution in [0.3, 0.4) is 0 Å². The van der Waals surface area contributed by atoms with Gasteiger partial charge in [0.2, 0.25) is 0 Å². The fraction of sp³-hybridized carbons (Fsp3) is 0. The Morgan fingerprint density at radius 2 is 1.00 bits per heavy atom. The normalized spacial score (nSPS) is 1.00. The zero-order chi connectivity index (χ0) is 2.00. The van der Waals surface area contributed by atoms with Crippen LogP contribution in [0.1, 0.15) is 0 Å². The van der Waals surface area contributed by atoms with Crippen LogP contribution in [0, 0.1) is 0 Å². The summed E-state index contributed by atoms with van der Waals surface area (Å²) in [5.41, 5.74) is 0. The van der Waals surface area contributed by atoms with Gasteiger partial charge >= 0.3 is 40.7 Å². The fourth-order valence-corrected chi connectivity index (χ4v) is 0. The minimum atomic E-state index is 0. The van der Waals surface area contributed by atoms with E-state index in [4.69, 9.17) is 6.39 Å². The number of hydrogen-bond acceptors (Lipinski definition) is 0. The molecule has 0 spiro atoms. The van der Waals surface area contributed by atoms with Gasteiger partial charge in [-0.05, 0) is 0 Å². The molecule has 1 radical (unpaired) electrons. The molecule has 0 bridgehead atoms. The number of halogens is 1. The fourth-order valence-electron chi connectivity index (χ4n) is 0. The molecule has 0 saturated heterocycles. The van der Waals surface area contributed by atoms with E-state index in [0.29, 0.717) is 0 Å². The summed E-state index contributed by atoms with van der Waals surface area (Å²) in [5.74, 6) is 0. The van der Waals surface area contributed by atoms with Crippen LogP contribution in [0.5, 0.6) is 0 Å². The first-order chi connectivity index (χ1) is 1.00. The molecule has 0 fully saturated rings. The first kappa shape index (κ1) is 17.9. The molecular formula is H4CaClO2. The zero-order valence-electron chi connectivity index (χ0n) is 2.09. The van der Waals surface area contributed by atoms with Gasteiger partial charge in [-0.1, -0.05) is 0 Å². The molecule has 0 amide bonds. The maximum absolute atomic E-state index is 4.76. The van der Waals surface area contributed by atoms with Crippen molar-refractivity contribution in [2.45, 2.75) is 0 Å². The number of rotatable bonds is 0. The van der Waals surface area contributed by atoms with Crippen molar-refractivity contribution in [3.8, 4) is 0 Å². The van der Waals surface area contributed by atoms with E-state index in [0.717, 1.165) is 34.3 Å². The summed E-state index contributed by atoms with van der Waals surface area (Å²) >= 11 is 0.847. The van der Waals surface area contributed by atoms with Crippen molar-refractivity contribution in [1.29, 1.82) is 0 Å². The third-order valence-electron chi connectivity index (χ3n) is 0. The Morgan fingerprint density at radius 3 is 1.00 bits per heavy atom. The van der Waals surface area contributed by atoms with Gasteiger partial charge < -0.3 is 11.0 Å². The molecular weight excluding hydrogens is 108 g/mol. The Bertz CT molecular complexity index is 6.00. The molecule has 0 rings (SSSR count). The van der Waals surface area contributed by atoms with Gasteiger partial charge in [-0.15, -0.1) is 0 Å². The maximum atomic E-state index is 4.76. The molecule has 4 N–H and O–H groups in total. The summed E-state index contributed by atoms with van der Waals surface area (Å²) in [6.07, 6.45) is 4.76. The van der Waals surface area contributed by atoms with E-state index in [1.165, 1.54) is 0 Å². The van der Waals surface area contributed by atoms with Crippen LogP contribution in [-0.4, -0.2) is 45.2 Å². The third-order valence-corrected chi connectivity index (χ3v) is 0. The molecule has 0 aromatic heterocycles. The van der Waals surface area contributed by atoms with Gasteiger partial charge in [0.1, 0.15) is 0 Å². The van der Waals surface area contributed by atoms with Crippen molar-refractivity contribution in [1.82, 2.24) is 0 Å². The molecule has 0 aromatic carbocycles. The Morgan fingerprint density at radius 1 is 1.00 bits per heavy atom. The Labute approximate surface area is 51.1 Å². The van der Waals surface area contributed by atoms with Crippen molar-refractivity contribution >= 4 is 40.7 Å². The predicted molar refractivity (Wildman–Crippen MR) is 18.8 cm³/mol. The Kier molecular flexibility index (Phi) is 112. The SMILES string of the molecule is O.O.[Cl][Ca]. The quantitative estimate of drug-likeness (QED) is 0.348. The van der Waals surface area contributed by atoms with Crippen molar-refractivity contribution in [2.24, 2.45) is 0 Å². The van der Waals surface area contributed by atoms with Gasteiger partial charge in [0.05, 0.1) is 0 Å². The molecule has 0 aliphatic rings. The monoisotopic (exact) mass is 111 g/mol. The first-order valence-electron chi connectivity index (χ1n) is 0.267. The van der Waals surface area contributed by atoms with Crippen LogP contribution in [0.4, 0.5) is 0 Å². The average molecular weight is 112 g/mol. The van der Waals surface area contributed by atoms with Crippen molar-refractivity contribution in [3.05, 3.63) is 0 Å². The summed E-state index contributed by atoms with van der Waals surface area (Å²) in [5, 5.41) is 0. The first-order valence-corrected chi connectivity index (χ1v) is 3.31. The van der Waals surface area contributed by atoms with E-state index >= 15 is 0 Å². The van der Waals surface area contributed by atoms with Crippen LogP contribution in [0.25, 0.3) is 0 Å². The summed E-state index contributed by atoms with van der Waals surface area (Å²) in [4.78, 5) is 0. The standard InChI is InChI=1S/Ca.ClH.2H2O/h;1H;2*1H2/q+1;;;/p-1. The van der Waals surface area contributed by atoms with Gasteiger partial charge in [-0.2, -0.15) is 0 Å². The average Bonchev–Trinajstić information content (AvgIpc) is 1.00. The summed E-state index contributed by atoms with van der Waals surface area (Å²) in [7, 11) is 0. The Hall–Kier alpha value is 1.47. The second kappa shape index (κ2) is 24.9. The molecule has 0 aromatic rings. The molecule has 0 heterocycles. The molecule has 0 atom stereocenters. The van der Waals surface area contributed by atoms with Gasteiger partial charge in [-0.3, -0.25) is 0 Å². The topological polar surface area (TPSA) is 63.0 Å². The van der Waals surface area contributed by atoms with Crippen LogP contribution in [0.2, 0.25) is 0 Å². The van der Waals surface area contributed by atoms with Gasteiger partial charge in [0.15, 0.2) is 0 Å². The van der Waals surface area contributed by atoms with Crippen LogP contribution >= 0.6 is 6.39 Å². The summed E-state index contributed by atoms with van der Waals surface area (Å²) in [6, 6.07) is 0. The summed E-state index contributed by atoms with van der Waals surface area (Å²) < 4.78 is 0. The molecule has 0 unspecified atom stereocenters. The predicted octanol–water partition coefficient (Wildman–Crippen LogP) is -1.34. The molecule has 0 aliphatic carbocycles. The third kappa shape index (κ3) is 9.80. The molecule has 0 saturated carbocycles. The van der Waals surface area contributed by atoms with Crippen LogP contribution in [0.15, 0.2) is 0 Å². The molecule has 25 valence electrons. The second-order valence-corrected chi connectivity index (χ2v) is 0.